The Labute approximate surface area is 330 Å². The average molecular weight is 845 g/mol. The Bertz CT molecular complexity index is 1860. The maximum Gasteiger partial charge on any atom is 0.500 e. The van der Waals surface area contributed by atoms with Crippen LogP contribution in [0.2, 0.25) is 12.1 Å². The van der Waals surface area contributed by atoms with Crippen LogP contribution in [0.4, 0.5) is 0 Å². The van der Waals surface area contributed by atoms with Crippen LogP contribution < -0.4 is 0 Å². The predicted molar refractivity (Wildman–Crippen MR) is 228 cm³/mol. The van der Waals surface area contributed by atoms with E-state index in [1.165, 1.54) is 20.5 Å². The lowest BCUT2D eigenvalue weighted by atomic mass is 10.1. The zero-order valence-electron chi connectivity index (χ0n) is 29.7. The molecule has 0 bridgehead atoms. The number of rotatable bonds is 19. The van der Waals surface area contributed by atoms with Gasteiger partial charge in [0.05, 0.1) is 20.4 Å². The maximum atomic E-state index is 5.76. The van der Waals surface area contributed by atoms with Crippen molar-refractivity contribution in [2.45, 2.75) is 34.7 Å². The Morgan fingerprint density at radius 1 is 0.500 bits per heavy atom. The smallest absolute Gasteiger partial charge is 0.377 e. The number of nitrogens with zero attached hydrogens (tertiary/aromatic N) is 2. The van der Waals surface area contributed by atoms with Crippen molar-refractivity contribution < 1.29 is 26.6 Å². The zero-order valence-corrected chi connectivity index (χ0v) is 36.6. The molecule has 0 aliphatic heterocycles. The highest BCUT2D eigenvalue weighted by molar-refractivity contribution is 9.26. The maximum absolute atomic E-state index is 5.76. The predicted octanol–water partition coefficient (Wildman–Crippen LogP) is 11.2. The van der Waals surface area contributed by atoms with Gasteiger partial charge in [0.2, 0.25) is 0 Å². The third-order valence-corrected chi connectivity index (χ3v) is 22.5. The van der Waals surface area contributed by atoms with Gasteiger partial charge in [0.1, 0.15) is 10.0 Å². The van der Waals surface area contributed by atoms with Crippen molar-refractivity contribution in [1.82, 2.24) is 9.97 Å². The first kappa shape index (κ1) is 39.9. The average Bonchev–Trinajstić information content (AvgIpc) is 3.83. The van der Waals surface area contributed by atoms with Crippen molar-refractivity contribution in [1.29, 1.82) is 0 Å². The Morgan fingerprint density at radius 2 is 0.885 bits per heavy atom. The van der Waals surface area contributed by atoms with Crippen LogP contribution >= 0.6 is 63.9 Å². The fraction of sp³-hybridized carbons (Fsp3) is 0.278. The van der Waals surface area contributed by atoms with E-state index < -0.39 is 17.6 Å². The topological polar surface area (TPSA) is 81.2 Å². The number of hydrogen-bond acceptors (Lipinski definition) is 14. The highest BCUT2D eigenvalue weighted by Gasteiger charge is 2.38. The monoisotopic (exact) mass is 844 g/mol. The fourth-order valence-electron chi connectivity index (χ4n) is 5.94. The van der Waals surface area contributed by atoms with Crippen LogP contribution in [-0.4, -0.2) is 70.2 Å². The van der Waals surface area contributed by atoms with Gasteiger partial charge in [0, 0.05) is 75.7 Å². The molecule has 52 heavy (non-hydrogen) atoms. The summed E-state index contributed by atoms with van der Waals surface area (Å²) in [5.74, 6) is 0. The number of para-hydroxylation sites is 2. The van der Waals surface area contributed by atoms with Gasteiger partial charge in [0.15, 0.2) is 0 Å². The van der Waals surface area contributed by atoms with Crippen molar-refractivity contribution in [2.75, 3.05) is 42.7 Å². The number of thiazole rings is 2. The summed E-state index contributed by atoms with van der Waals surface area (Å²) in [6.45, 7) is 0. The standard InChI is InChI=1S/C36H40N2O6S6Si2/c1-39-51(40-2,41-3)23-21-25-13-11-19-31(33(25)35-37-27-15-7-9-17-29(27)45-35)47-49-50-48-32-20-12-14-26(22-24-52(42-4,43-5)44-6)34(32)36-38-28-16-8-10-18-30(28)46-36/h7-20H,21-24H2,1-6H3. The van der Waals surface area contributed by atoms with Gasteiger partial charge in [-0.1, -0.05) is 48.5 Å². The molecule has 0 spiro atoms. The van der Waals surface area contributed by atoms with Crippen LogP contribution in [0.3, 0.4) is 0 Å². The second-order valence-corrected chi connectivity index (χ2v) is 25.4. The molecule has 8 nitrogen and oxygen atoms in total. The van der Waals surface area contributed by atoms with Crippen LogP contribution in [-0.2, 0) is 39.4 Å². The number of hydrogen-bond donors (Lipinski definition) is 0. The molecule has 2 heterocycles. The lowest BCUT2D eigenvalue weighted by Gasteiger charge is -2.25. The van der Waals surface area contributed by atoms with Gasteiger partial charge in [0.25, 0.3) is 0 Å². The highest BCUT2D eigenvalue weighted by Crippen LogP contribution is 2.54. The second-order valence-electron chi connectivity index (χ2n) is 11.4. The Hall–Kier alpha value is -1.75. The molecule has 0 N–H and O–H groups in total. The molecular weight excluding hydrogens is 805 g/mol. The lowest BCUT2D eigenvalue weighted by Crippen LogP contribution is -2.43. The summed E-state index contributed by atoms with van der Waals surface area (Å²) in [5.41, 5.74) is 6.69. The number of aryl methyl sites for hydroxylation is 2. The molecule has 0 aliphatic carbocycles. The van der Waals surface area contributed by atoms with E-state index >= 15 is 0 Å². The molecule has 6 rings (SSSR count). The SMILES string of the molecule is CO[Si](CCc1cccc(SSSSc2cccc(CC[Si](OC)(OC)OC)c2-c2nc3ccccc3s2)c1-c1nc2ccccc2s1)(OC)OC. The number of aromatic nitrogens is 2. The van der Waals surface area contributed by atoms with E-state index in [2.05, 4.69) is 72.8 Å². The molecule has 0 unspecified atom stereocenters. The molecule has 0 fully saturated rings. The third kappa shape index (κ3) is 9.03. The van der Waals surface area contributed by atoms with E-state index in [9.17, 15) is 0 Å². The van der Waals surface area contributed by atoms with E-state index in [0.29, 0.717) is 12.1 Å². The largest absolute Gasteiger partial charge is 0.500 e. The molecule has 6 aromatic rings. The van der Waals surface area contributed by atoms with Crippen LogP contribution in [0.25, 0.3) is 41.6 Å². The molecule has 0 aliphatic rings. The van der Waals surface area contributed by atoms with Crippen LogP contribution in [0.1, 0.15) is 11.1 Å². The first-order valence-electron chi connectivity index (χ1n) is 16.4. The van der Waals surface area contributed by atoms with E-state index in [1.807, 2.05) is 12.1 Å². The molecule has 16 heteroatoms. The summed E-state index contributed by atoms with van der Waals surface area (Å²) in [5, 5.41) is 2.01. The summed E-state index contributed by atoms with van der Waals surface area (Å²) < 4.78 is 36.9. The molecule has 0 saturated carbocycles. The van der Waals surface area contributed by atoms with Gasteiger partial charge in [-0.05, 0) is 102 Å². The second kappa shape index (κ2) is 18.7. The van der Waals surface area contributed by atoms with Crippen molar-refractivity contribution in [3.8, 4) is 21.1 Å². The minimum Gasteiger partial charge on any atom is -0.377 e. The molecule has 4 aromatic carbocycles. The van der Waals surface area contributed by atoms with Crippen LogP contribution in [0.5, 0.6) is 0 Å². The van der Waals surface area contributed by atoms with E-state index in [-0.39, 0.29) is 0 Å². The van der Waals surface area contributed by atoms with Crippen molar-refractivity contribution >= 4 is 102 Å². The van der Waals surface area contributed by atoms with E-state index in [4.69, 9.17) is 36.5 Å². The Kier molecular flexibility index (Phi) is 14.4. The van der Waals surface area contributed by atoms with Crippen molar-refractivity contribution in [2.24, 2.45) is 0 Å². The van der Waals surface area contributed by atoms with Gasteiger partial charge in [-0.3, -0.25) is 0 Å². The molecule has 2 aromatic heterocycles. The third-order valence-electron chi connectivity index (χ3n) is 8.78. The number of fused-ring (bicyclic) bond motifs is 2. The molecular formula is C36H40N2O6S6Si2. The van der Waals surface area contributed by atoms with Crippen LogP contribution in [0, 0.1) is 0 Å². The van der Waals surface area contributed by atoms with Gasteiger partial charge < -0.3 is 26.6 Å². The minimum absolute atomic E-state index is 0.661. The summed E-state index contributed by atoms with van der Waals surface area (Å²) in [6, 6.07) is 30.9. The first-order valence-corrected chi connectivity index (χ1v) is 26.7. The Morgan fingerprint density at radius 3 is 1.25 bits per heavy atom. The van der Waals surface area contributed by atoms with Crippen molar-refractivity contribution in [3.05, 3.63) is 96.1 Å². The summed E-state index contributed by atoms with van der Waals surface area (Å²) in [4.78, 5) is 12.5. The molecule has 0 amide bonds. The minimum atomic E-state index is -2.77. The number of benzene rings is 4. The van der Waals surface area contributed by atoms with Gasteiger partial charge in [-0.25, -0.2) is 9.97 Å². The first-order chi connectivity index (χ1) is 25.4. The van der Waals surface area contributed by atoms with Gasteiger partial charge in [-0.2, -0.15) is 0 Å². The zero-order chi connectivity index (χ0) is 36.6. The van der Waals surface area contributed by atoms with E-state index in [1.54, 1.807) is 107 Å². The van der Waals surface area contributed by atoms with Gasteiger partial charge in [-0.15, -0.1) is 22.7 Å². The molecule has 0 radical (unpaired) electrons. The quantitative estimate of drug-likeness (QED) is 0.0442. The van der Waals surface area contributed by atoms with Gasteiger partial charge >= 0.3 is 17.6 Å². The van der Waals surface area contributed by atoms with Crippen LogP contribution in [0.15, 0.2) is 94.7 Å². The molecule has 0 saturated heterocycles. The lowest BCUT2D eigenvalue weighted by molar-refractivity contribution is 0.123. The Balaban J connectivity index is 1.27. The fourth-order valence-corrected chi connectivity index (χ4v) is 17.4. The molecule has 274 valence electrons. The van der Waals surface area contributed by atoms with E-state index in [0.717, 1.165) is 54.8 Å². The highest BCUT2D eigenvalue weighted by atomic mass is 33.7. The normalized spacial score (nSPS) is 12.3. The summed E-state index contributed by atoms with van der Waals surface area (Å²) >= 11 is 3.44. The van der Waals surface area contributed by atoms with Crippen molar-refractivity contribution in [3.63, 3.8) is 0 Å². The summed E-state index contributed by atoms with van der Waals surface area (Å²) in [7, 11) is 11.4. The molecule has 0 atom stereocenters. The summed E-state index contributed by atoms with van der Waals surface area (Å²) in [6.07, 6.45) is 1.48.